The fourth-order valence-corrected chi connectivity index (χ4v) is 3.64. The molecule has 0 N–H and O–H groups in total. The van der Waals surface area contributed by atoms with E-state index in [4.69, 9.17) is 4.98 Å². The molecule has 0 unspecified atom stereocenters. The maximum atomic E-state index is 12.7. The van der Waals surface area contributed by atoms with Crippen molar-refractivity contribution in [2.75, 3.05) is 26.2 Å². The molecule has 1 amide bonds. The number of hydrogen-bond donors (Lipinski definition) is 0. The van der Waals surface area contributed by atoms with Gasteiger partial charge in [0.25, 0.3) is 0 Å². The van der Waals surface area contributed by atoms with Crippen molar-refractivity contribution in [1.29, 1.82) is 0 Å². The number of nitrogens with zero attached hydrogens (tertiary/aromatic N) is 5. The molecule has 1 aromatic heterocycles. The number of amides is 1. The van der Waals surface area contributed by atoms with Crippen LogP contribution in [0.2, 0.25) is 0 Å². The van der Waals surface area contributed by atoms with Gasteiger partial charge in [-0.2, -0.15) is 5.10 Å². The molecular weight excluding hydrogens is 278 g/mol. The quantitative estimate of drug-likeness (QED) is 0.850. The lowest BCUT2D eigenvalue weighted by Gasteiger charge is -2.35. The predicted molar refractivity (Wildman–Crippen MR) is 82.4 cm³/mol. The number of likely N-dealkylation sites (tertiary alicyclic amines) is 1. The van der Waals surface area contributed by atoms with E-state index in [0.717, 1.165) is 37.8 Å². The Labute approximate surface area is 131 Å². The van der Waals surface area contributed by atoms with Gasteiger partial charge in [0.05, 0.1) is 19.1 Å². The van der Waals surface area contributed by atoms with Crippen molar-refractivity contribution in [3.63, 3.8) is 0 Å². The van der Waals surface area contributed by atoms with Crippen LogP contribution in [0.15, 0.2) is 0 Å². The summed E-state index contributed by atoms with van der Waals surface area (Å²) in [6.45, 7) is 6.32. The minimum Gasteiger partial charge on any atom is -0.330 e. The third kappa shape index (κ3) is 2.64. The molecule has 1 saturated heterocycles. The van der Waals surface area contributed by atoms with E-state index >= 15 is 0 Å². The maximum Gasteiger partial charge on any atom is 0.237 e. The second-order valence-electron chi connectivity index (χ2n) is 6.93. The third-order valence-electron chi connectivity index (χ3n) is 5.18. The standard InChI is InChI=1S/C16H25N5O/c1-12-16-17-15(13-5-6-13)18-21(16)10-9-20(12)14(22)11-19-7-3-2-4-8-19/h12-13H,2-11H2,1H3/t12-/m1/s1. The van der Waals surface area contributed by atoms with Gasteiger partial charge in [-0.05, 0) is 45.7 Å². The van der Waals surface area contributed by atoms with Gasteiger partial charge in [-0.1, -0.05) is 6.42 Å². The summed E-state index contributed by atoms with van der Waals surface area (Å²) in [5, 5.41) is 4.63. The zero-order valence-corrected chi connectivity index (χ0v) is 13.4. The average molecular weight is 303 g/mol. The topological polar surface area (TPSA) is 54.3 Å². The van der Waals surface area contributed by atoms with Crippen molar-refractivity contribution in [2.45, 2.75) is 57.5 Å². The molecule has 3 aliphatic rings. The Kier molecular flexibility index (Phi) is 3.64. The Balaban J connectivity index is 1.44. The van der Waals surface area contributed by atoms with Gasteiger partial charge >= 0.3 is 0 Å². The van der Waals surface area contributed by atoms with Gasteiger partial charge in [-0.25, -0.2) is 9.67 Å². The second-order valence-corrected chi connectivity index (χ2v) is 6.93. The third-order valence-corrected chi connectivity index (χ3v) is 5.18. The van der Waals surface area contributed by atoms with Gasteiger partial charge in [0.15, 0.2) is 5.82 Å². The molecule has 3 heterocycles. The van der Waals surface area contributed by atoms with Crippen LogP contribution in [0.1, 0.15) is 62.6 Å². The molecule has 1 aromatic rings. The summed E-state index contributed by atoms with van der Waals surface area (Å²) in [7, 11) is 0. The number of carbonyl (C=O) groups excluding carboxylic acids is 1. The summed E-state index contributed by atoms with van der Waals surface area (Å²) in [6.07, 6.45) is 6.19. The summed E-state index contributed by atoms with van der Waals surface area (Å²) >= 11 is 0. The zero-order valence-electron chi connectivity index (χ0n) is 13.4. The molecule has 0 bridgehead atoms. The highest BCUT2D eigenvalue weighted by atomic mass is 16.2. The SMILES string of the molecule is C[C@@H]1c2nc(C3CC3)nn2CCN1C(=O)CN1CCCCC1. The smallest absolute Gasteiger partial charge is 0.237 e. The van der Waals surface area contributed by atoms with Gasteiger partial charge in [0.2, 0.25) is 5.91 Å². The molecule has 6 nitrogen and oxygen atoms in total. The Morgan fingerprint density at radius 3 is 2.64 bits per heavy atom. The summed E-state index contributed by atoms with van der Waals surface area (Å²) in [6, 6.07) is 0.0473. The fraction of sp³-hybridized carbons (Fsp3) is 0.812. The van der Waals surface area contributed by atoms with Gasteiger partial charge in [0, 0.05) is 12.5 Å². The first-order valence-electron chi connectivity index (χ1n) is 8.69. The average Bonchev–Trinajstić information content (AvgIpc) is 3.28. The van der Waals surface area contributed by atoms with Crippen LogP contribution >= 0.6 is 0 Å². The minimum absolute atomic E-state index is 0.0473. The first-order chi connectivity index (χ1) is 10.7. The van der Waals surface area contributed by atoms with Crippen LogP contribution in [0.25, 0.3) is 0 Å². The zero-order chi connectivity index (χ0) is 15.1. The van der Waals surface area contributed by atoms with E-state index in [1.165, 1.54) is 32.1 Å². The normalized spacial score (nSPS) is 26.0. The molecule has 0 radical (unpaired) electrons. The van der Waals surface area contributed by atoms with Crippen LogP contribution < -0.4 is 0 Å². The minimum atomic E-state index is 0.0473. The molecule has 22 heavy (non-hydrogen) atoms. The molecule has 1 aliphatic carbocycles. The molecule has 0 aromatic carbocycles. The molecule has 6 heteroatoms. The van der Waals surface area contributed by atoms with E-state index in [2.05, 4.69) is 16.9 Å². The number of carbonyl (C=O) groups is 1. The largest absolute Gasteiger partial charge is 0.330 e. The maximum absolute atomic E-state index is 12.7. The van der Waals surface area contributed by atoms with E-state index < -0.39 is 0 Å². The molecule has 2 fully saturated rings. The van der Waals surface area contributed by atoms with Gasteiger partial charge in [-0.3, -0.25) is 9.69 Å². The monoisotopic (exact) mass is 303 g/mol. The Bertz CT molecular complexity index is 559. The van der Waals surface area contributed by atoms with Crippen molar-refractivity contribution >= 4 is 5.91 Å². The number of aromatic nitrogens is 3. The highest BCUT2D eigenvalue weighted by molar-refractivity contribution is 5.78. The Morgan fingerprint density at radius 2 is 1.91 bits per heavy atom. The summed E-state index contributed by atoms with van der Waals surface area (Å²) in [5.74, 6) is 2.78. The van der Waals surface area contributed by atoms with E-state index in [1.807, 2.05) is 9.58 Å². The van der Waals surface area contributed by atoms with E-state index in [1.54, 1.807) is 0 Å². The predicted octanol–water partition coefficient (Wildman–Crippen LogP) is 1.54. The van der Waals surface area contributed by atoms with Crippen LogP contribution in [0.3, 0.4) is 0 Å². The molecule has 1 saturated carbocycles. The van der Waals surface area contributed by atoms with Crippen LogP contribution in [0.5, 0.6) is 0 Å². The van der Waals surface area contributed by atoms with Crippen LogP contribution in [0, 0.1) is 0 Å². The number of rotatable bonds is 3. The first-order valence-corrected chi connectivity index (χ1v) is 8.69. The van der Waals surface area contributed by atoms with Gasteiger partial charge in [0.1, 0.15) is 5.82 Å². The lowest BCUT2D eigenvalue weighted by atomic mass is 10.1. The lowest BCUT2D eigenvalue weighted by Crippen LogP contribution is -2.47. The van der Waals surface area contributed by atoms with Gasteiger partial charge < -0.3 is 4.90 Å². The summed E-state index contributed by atoms with van der Waals surface area (Å²) in [5.41, 5.74) is 0. The second kappa shape index (κ2) is 5.65. The van der Waals surface area contributed by atoms with Crippen molar-refractivity contribution in [3.05, 3.63) is 11.6 Å². The molecule has 1 atom stereocenters. The van der Waals surface area contributed by atoms with Crippen LogP contribution in [0.4, 0.5) is 0 Å². The van der Waals surface area contributed by atoms with Crippen molar-refractivity contribution in [1.82, 2.24) is 24.6 Å². The van der Waals surface area contributed by atoms with E-state index in [-0.39, 0.29) is 11.9 Å². The van der Waals surface area contributed by atoms with Crippen LogP contribution in [-0.2, 0) is 11.3 Å². The first kappa shape index (κ1) is 14.2. The van der Waals surface area contributed by atoms with Crippen molar-refractivity contribution < 1.29 is 4.79 Å². The summed E-state index contributed by atoms with van der Waals surface area (Å²) < 4.78 is 2.02. The number of piperidine rings is 1. The highest BCUT2D eigenvalue weighted by Gasteiger charge is 2.34. The molecule has 2 aliphatic heterocycles. The Morgan fingerprint density at radius 1 is 1.14 bits per heavy atom. The molecular formula is C16H25N5O. The number of fused-ring (bicyclic) bond motifs is 1. The van der Waals surface area contributed by atoms with Crippen LogP contribution in [-0.4, -0.2) is 56.7 Å². The lowest BCUT2D eigenvalue weighted by molar-refractivity contribution is -0.136. The van der Waals surface area contributed by atoms with E-state index in [0.29, 0.717) is 12.5 Å². The van der Waals surface area contributed by atoms with Gasteiger partial charge in [-0.15, -0.1) is 0 Å². The fourth-order valence-electron chi connectivity index (χ4n) is 3.64. The summed E-state index contributed by atoms with van der Waals surface area (Å²) in [4.78, 5) is 21.7. The van der Waals surface area contributed by atoms with E-state index in [9.17, 15) is 4.79 Å². The highest BCUT2D eigenvalue weighted by Crippen LogP contribution is 2.39. The Hall–Kier alpha value is -1.43. The number of hydrogen-bond acceptors (Lipinski definition) is 4. The molecule has 0 spiro atoms. The molecule has 120 valence electrons. The van der Waals surface area contributed by atoms with Crippen molar-refractivity contribution in [2.24, 2.45) is 0 Å². The van der Waals surface area contributed by atoms with Crippen molar-refractivity contribution in [3.8, 4) is 0 Å². The molecule has 4 rings (SSSR count).